The van der Waals surface area contributed by atoms with E-state index in [1.807, 2.05) is 76.2 Å². The average molecular weight is 1170 g/mol. The van der Waals surface area contributed by atoms with Crippen LogP contribution in [-0.4, -0.2) is 146 Å². The van der Waals surface area contributed by atoms with Crippen molar-refractivity contribution in [1.82, 2.24) is 47.9 Å². The Morgan fingerprint density at radius 1 is 0.366 bits per heavy atom. The highest BCUT2D eigenvalue weighted by molar-refractivity contribution is 5.98. The topological polar surface area (TPSA) is 447 Å². The van der Waals surface area contributed by atoms with Crippen LogP contribution in [0.15, 0.2) is 4.99 Å². The summed E-state index contributed by atoms with van der Waals surface area (Å²) in [7, 11) is 0. The van der Waals surface area contributed by atoms with E-state index in [0.717, 1.165) is 0 Å². The summed E-state index contributed by atoms with van der Waals surface area (Å²) in [6.07, 6.45) is 3.58. The minimum atomic E-state index is -1.32. The van der Waals surface area contributed by atoms with Gasteiger partial charge in [-0.2, -0.15) is 0 Å². The molecule has 0 radical (unpaired) electrons. The number of hydrogen-bond acceptors (Lipinski definition) is 14. The van der Waals surface area contributed by atoms with Gasteiger partial charge in [0.15, 0.2) is 5.96 Å². The average Bonchev–Trinajstić information content (AvgIpc) is 3.41. The summed E-state index contributed by atoms with van der Waals surface area (Å²) in [5.41, 5.74) is 34.0. The second-order valence-electron chi connectivity index (χ2n) is 23.7. The lowest BCUT2D eigenvalue weighted by atomic mass is 9.96. The van der Waals surface area contributed by atoms with E-state index in [9.17, 15) is 47.9 Å². The third-order valence-corrected chi connectivity index (χ3v) is 13.5. The molecule has 0 aliphatic carbocycles. The number of carbonyl (C=O) groups excluding carboxylic acids is 10. The van der Waals surface area contributed by atoms with Crippen LogP contribution in [-0.2, 0) is 47.9 Å². The van der Waals surface area contributed by atoms with Gasteiger partial charge in [-0.3, -0.25) is 52.9 Å². The lowest BCUT2D eigenvalue weighted by molar-refractivity contribution is -0.137. The van der Waals surface area contributed by atoms with Gasteiger partial charge in [-0.05, 0) is 132 Å². The summed E-state index contributed by atoms with van der Waals surface area (Å²) < 4.78 is 0. The molecule has 0 aromatic heterocycles. The number of nitrogens with two attached hydrogens (primary N) is 6. The zero-order valence-electron chi connectivity index (χ0n) is 51.4. The van der Waals surface area contributed by atoms with E-state index >= 15 is 0 Å². The number of rotatable bonds is 43. The van der Waals surface area contributed by atoms with Crippen LogP contribution in [0.5, 0.6) is 0 Å². The van der Waals surface area contributed by atoms with E-state index in [1.54, 1.807) is 6.92 Å². The molecular formula is C56H108N16O10. The van der Waals surface area contributed by atoms with Crippen molar-refractivity contribution in [3.05, 3.63) is 0 Å². The molecule has 0 spiro atoms. The molecule has 0 aliphatic rings. The molecule has 10 amide bonds. The molecule has 0 heterocycles. The zero-order chi connectivity index (χ0) is 62.8. The first-order chi connectivity index (χ1) is 38.4. The molecule has 0 rings (SSSR count). The normalized spacial score (nSPS) is 15.1. The molecule has 0 aliphatic heterocycles. The number of nitrogens with zero attached hydrogens (tertiary/aromatic N) is 1. The van der Waals surface area contributed by atoms with E-state index in [4.69, 9.17) is 34.4 Å². The maximum absolute atomic E-state index is 14.6. The number of hydrogen-bond donors (Lipinski definition) is 15. The fraction of sp³-hybridized carbons (Fsp3) is 0.804. The lowest BCUT2D eigenvalue weighted by Gasteiger charge is -2.30. The molecule has 0 unspecified atom stereocenters. The van der Waals surface area contributed by atoms with E-state index in [-0.39, 0.29) is 120 Å². The van der Waals surface area contributed by atoms with Crippen molar-refractivity contribution in [3.63, 3.8) is 0 Å². The van der Waals surface area contributed by atoms with Crippen molar-refractivity contribution in [2.24, 2.45) is 74.9 Å². The van der Waals surface area contributed by atoms with Crippen LogP contribution < -0.4 is 82.3 Å². The predicted molar refractivity (Wildman–Crippen MR) is 318 cm³/mol. The Morgan fingerprint density at radius 3 is 0.976 bits per heavy atom. The van der Waals surface area contributed by atoms with Gasteiger partial charge in [0.05, 0.1) is 6.54 Å². The molecule has 472 valence electrons. The molecular weight excluding hydrogens is 1060 g/mol. The third-order valence-electron chi connectivity index (χ3n) is 13.5. The molecule has 26 heteroatoms. The summed E-state index contributed by atoms with van der Waals surface area (Å²) >= 11 is 0. The first-order valence-corrected chi connectivity index (χ1v) is 29.6. The fourth-order valence-corrected chi connectivity index (χ4v) is 8.93. The maximum Gasteiger partial charge on any atom is 0.243 e. The summed E-state index contributed by atoms with van der Waals surface area (Å²) in [6.45, 7) is 22.5. The van der Waals surface area contributed by atoms with Crippen molar-refractivity contribution in [2.75, 3.05) is 26.2 Å². The molecule has 82 heavy (non-hydrogen) atoms. The van der Waals surface area contributed by atoms with E-state index in [0.29, 0.717) is 32.1 Å². The van der Waals surface area contributed by atoms with Gasteiger partial charge in [0.1, 0.15) is 54.4 Å². The standard InChI is InChI=1S/C56H108N16O10/c1-13-36(12)46(55(82)67-38(20-15-17-23-58)49(76)69-44(29-35(10)11)54(81)71-43(28-34(8)9)53(80)68-40(47(60)74)25-31(2)3)72-50(77)39(21-18-24-63-56(61)62)65-48(75)37(19-14-16-22-57)66-52(79)42(27-33(6)7)70-51(78)41(26-32(4)5)64-45(73)30-59/h31-44,46H,13-30,57-59H2,1-12H3,(H2,60,74)(H,64,73)(H,65,75)(H,66,79)(H,67,82)(H,68,80)(H,69,76)(H,70,78)(H,71,81)(H,72,77)(H4,61,62,63)/t36-,37-,38-,39-,40-,41-,42-,43-,44-,46-/m0/s1. The van der Waals surface area contributed by atoms with Crippen molar-refractivity contribution in [2.45, 2.75) is 227 Å². The number of aliphatic imine (C=N–C) groups is 1. The number of unbranched alkanes of at least 4 members (excludes halogenated alkanes) is 2. The quantitative estimate of drug-likeness (QED) is 0.0206. The van der Waals surface area contributed by atoms with Crippen molar-refractivity contribution in [1.29, 1.82) is 0 Å². The number of amides is 10. The lowest BCUT2D eigenvalue weighted by Crippen LogP contribution is -2.61. The largest absolute Gasteiger partial charge is 0.370 e. The van der Waals surface area contributed by atoms with Gasteiger partial charge in [-0.1, -0.05) is 89.5 Å². The van der Waals surface area contributed by atoms with Crippen LogP contribution in [0.2, 0.25) is 0 Å². The minimum absolute atomic E-state index is 0.00968. The summed E-state index contributed by atoms with van der Waals surface area (Å²) in [4.78, 5) is 142. The van der Waals surface area contributed by atoms with Crippen LogP contribution in [0.1, 0.15) is 173 Å². The second-order valence-corrected chi connectivity index (χ2v) is 23.7. The number of carbonyl (C=O) groups is 10. The monoisotopic (exact) mass is 1160 g/mol. The zero-order valence-corrected chi connectivity index (χ0v) is 51.4. The van der Waals surface area contributed by atoms with Gasteiger partial charge in [0.2, 0.25) is 59.1 Å². The van der Waals surface area contributed by atoms with Crippen LogP contribution in [0.4, 0.5) is 0 Å². The highest BCUT2D eigenvalue weighted by atomic mass is 16.2. The Bertz CT molecular complexity index is 2040. The van der Waals surface area contributed by atoms with Gasteiger partial charge < -0.3 is 82.3 Å². The number of nitrogens with one attached hydrogen (secondary N) is 9. The van der Waals surface area contributed by atoms with E-state index in [2.05, 4.69) is 52.8 Å². The second kappa shape index (κ2) is 40.9. The van der Waals surface area contributed by atoms with Gasteiger partial charge in [0.25, 0.3) is 0 Å². The summed E-state index contributed by atoms with van der Waals surface area (Å²) in [5, 5.41) is 24.8. The van der Waals surface area contributed by atoms with Crippen LogP contribution in [0, 0.1) is 35.5 Å². The van der Waals surface area contributed by atoms with Gasteiger partial charge >= 0.3 is 0 Å². The summed E-state index contributed by atoms with van der Waals surface area (Å²) in [6, 6.07) is -10.4. The molecule has 21 N–H and O–H groups in total. The number of primary amides is 1. The highest BCUT2D eigenvalue weighted by Gasteiger charge is 2.37. The Kier molecular flexibility index (Phi) is 37.9. The van der Waals surface area contributed by atoms with Crippen molar-refractivity contribution >= 4 is 65.0 Å². The minimum Gasteiger partial charge on any atom is -0.370 e. The van der Waals surface area contributed by atoms with Gasteiger partial charge in [-0.15, -0.1) is 0 Å². The molecule has 0 saturated heterocycles. The summed E-state index contributed by atoms with van der Waals surface area (Å²) in [5.74, 6) is -7.75. The van der Waals surface area contributed by atoms with Crippen LogP contribution in [0.25, 0.3) is 0 Å². The van der Waals surface area contributed by atoms with Gasteiger partial charge in [-0.25, -0.2) is 0 Å². The third kappa shape index (κ3) is 31.9. The first kappa shape index (κ1) is 75.8. The molecule has 0 aromatic carbocycles. The first-order valence-electron chi connectivity index (χ1n) is 29.6. The van der Waals surface area contributed by atoms with Gasteiger partial charge in [0, 0.05) is 6.54 Å². The number of guanidine groups is 1. The fourth-order valence-electron chi connectivity index (χ4n) is 8.93. The van der Waals surface area contributed by atoms with E-state index < -0.39 is 119 Å². The van der Waals surface area contributed by atoms with Crippen LogP contribution >= 0.6 is 0 Å². The van der Waals surface area contributed by atoms with Crippen molar-refractivity contribution < 1.29 is 47.9 Å². The molecule has 0 bridgehead atoms. The molecule has 0 saturated carbocycles. The highest BCUT2D eigenvalue weighted by Crippen LogP contribution is 2.16. The molecule has 26 nitrogen and oxygen atoms in total. The Morgan fingerprint density at radius 2 is 0.659 bits per heavy atom. The van der Waals surface area contributed by atoms with Crippen LogP contribution in [0.3, 0.4) is 0 Å². The molecule has 10 atom stereocenters. The predicted octanol–water partition coefficient (Wildman–Crippen LogP) is -0.618. The smallest absolute Gasteiger partial charge is 0.243 e. The molecule has 0 fully saturated rings. The Hall–Kier alpha value is -6.15. The molecule has 0 aromatic rings. The SMILES string of the molecule is CC[C@H](C)[C@H](NC(=O)[C@H](CCCN=C(N)N)NC(=O)[C@H](CCCCN)NC(=O)[C@H](CC(C)C)NC(=O)[C@H](CC(C)C)NC(=O)CN)C(=O)N[C@@H](CCCCN)C(=O)N[C@@H](CC(C)C)C(=O)N[C@@H](CC(C)C)C(=O)N[C@@H](CC(C)C)C(N)=O. The Balaban J connectivity index is 7.09. The Labute approximate surface area is 487 Å². The van der Waals surface area contributed by atoms with Crippen molar-refractivity contribution in [3.8, 4) is 0 Å². The van der Waals surface area contributed by atoms with E-state index in [1.165, 1.54) is 0 Å². The maximum atomic E-state index is 14.6.